The van der Waals surface area contributed by atoms with Gasteiger partial charge < -0.3 is 20.5 Å². The van der Waals surface area contributed by atoms with Gasteiger partial charge in [-0.05, 0) is 19.1 Å². The number of carbonyl (C=O) groups excluding carboxylic acids is 1. The molecule has 0 aliphatic heterocycles. The molecule has 0 fully saturated rings. The minimum absolute atomic E-state index is 0.233. The van der Waals surface area contributed by atoms with E-state index in [1.54, 1.807) is 0 Å². The van der Waals surface area contributed by atoms with Gasteiger partial charge in [0.2, 0.25) is 0 Å². The molecule has 0 bridgehead atoms. The number of halogens is 3. The van der Waals surface area contributed by atoms with E-state index < -0.39 is 24.5 Å². The average molecular weight is 278 g/mol. The molecule has 0 saturated heterocycles. The molecule has 2 amide bonds. The first-order chi connectivity index (χ1) is 8.92. The summed E-state index contributed by atoms with van der Waals surface area (Å²) in [5, 5.41) is 13.2. The van der Waals surface area contributed by atoms with Gasteiger partial charge in [0, 0.05) is 6.07 Å². The first-order valence-electron chi connectivity index (χ1n) is 5.35. The number of urea groups is 1. The highest BCUT2D eigenvalue weighted by Crippen LogP contribution is 2.26. The Bertz CT molecular complexity index is 443. The monoisotopic (exact) mass is 278 g/mol. The molecular formula is C11H13F3N2O3. The average Bonchev–Trinajstić information content (AvgIpc) is 2.31. The van der Waals surface area contributed by atoms with E-state index >= 15 is 0 Å². The smallest absolute Gasteiger partial charge is 0.387 e. The molecule has 3 N–H and O–H groups in total. The fraction of sp³-hybridized carbons (Fsp3) is 0.364. The second kappa shape index (κ2) is 6.83. The lowest BCUT2D eigenvalue weighted by atomic mass is 10.3. The summed E-state index contributed by atoms with van der Waals surface area (Å²) in [7, 11) is 0. The summed E-state index contributed by atoms with van der Waals surface area (Å²) >= 11 is 0. The molecule has 0 aromatic heterocycles. The third kappa shape index (κ3) is 5.04. The van der Waals surface area contributed by atoms with Crippen molar-refractivity contribution in [2.45, 2.75) is 19.6 Å². The molecule has 1 aromatic rings. The van der Waals surface area contributed by atoms with E-state index in [2.05, 4.69) is 15.4 Å². The highest BCUT2D eigenvalue weighted by Gasteiger charge is 2.14. The molecule has 0 spiro atoms. The van der Waals surface area contributed by atoms with Crippen molar-refractivity contribution in [3.63, 3.8) is 0 Å². The van der Waals surface area contributed by atoms with Crippen LogP contribution in [0.5, 0.6) is 5.75 Å². The maximum Gasteiger partial charge on any atom is 0.387 e. The van der Waals surface area contributed by atoms with E-state index in [9.17, 15) is 18.0 Å². The molecule has 106 valence electrons. The van der Waals surface area contributed by atoms with Gasteiger partial charge in [0.05, 0.1) is 18.3 Å². The SMILES string of the molecule is C[C@@H](CO)NC(=O)Nc1cc(F)ccc1OC(F)F. The zero-order valence-corrected chi connectivity index (χ0v) is 9.99. The Labute approximate surface area is 107 Å². The van der Waals surface area contributed by atoms with E-state index in [-0.39, 0.29) is 18.0 Å². The van der Waals surface area contributed by atoms with Crippen LogP contribution in [0, 0.1) is 5.82 Å². The minimum Gasteiger partial charge on any atom is -0.433 e. The third-order valence-electron chi connectivity index (χ3n) is 2.06. The number of amides is 2. The molecule has 0 heterocycles. The van der Waals surface area contributed by atoms with Crippen molar-refractivity contribution in [3.05, 3.63) is 24.0 Å². The van der Waals surface area contributed by atoms with Gasteiger partial charge in [-0.1, -0.05) is 0 Å². The van der Waals surface area contributed by atoms with Crippen molar-refractivity contribution in [1.82, 2.24) is 5.32 Å². The van der Waals surface area contributed by atoms with Gasteiger partial charge in [0.25, 0.3) is 0 Å². The van der Waals surface area contributed by atoms with Crippen molar-refractivity contribution in [2.24, 2.45) is 0 Å². The maximum atomic E-state index is 13.0. The Morgan fingerprint density at radius 2 is 2.16 bits per heavy atom. The lowest BCUT2D eigenvalue weighted by Crippen LogP contribution is -2.38. The number of nitrogens with one attached hydrogen (secondary N) is 2. The molecule has 1 atom stereocenters. The lowest BCUT2D eigenvalue weighted by molar-refractivity contribution is -0.0494. The summed E-state index contributed by atoms with van der Waals surface area (Å²) in [4.78, 5) is 11.4. The van der Waals surface area contributed by atoms with Crippen molar-refractivity contribution >= 4 is 11.7 Å². The van der Waals surface area contributed by atoms with Crippen molar-refractivity contribution < 1.29 is 27.8 Å². The van der Waals surface area contributed by atoms with E-state index in [1.165, 1.54) is 6.92 Å². The van der Waals surface area contributed by atoms with Gasteiger partial charge in [-0.25, -0.2) is 9.18 Å². The molecule has 1 aromatic carbocycles. The van der Waals surface area contributed by atoms with Crippen LogP contribution >= 0.6 is 0 Å². The van der Waals surface area contributed by atoms with Crippen molar-refractivity contribution in [2.75, 3.05) is 11.9 Å². The number of hydrogen-bond acceptors (Lipinski definition) is 3. The first-order valence-corrected chi connectivity index (χ1v) is 5.35. The predicted molar refractivity (Wildman–Crippen MR) is 61.7 cm³/mol. The van der Waals surface area contributed by atoms with Crippen LogP contribution in [0.15, 0.2) is 18.2 Å². The summed E-state index contributed by atoms with van der Waals surface area (Å²) in [5.74, 6) is -1.07. The molecule has 5 nitrogen and oxygen atoms in total. The van der Waals surface area contributed by atoms with Crippen LogP contribution in [0.1, 0.15) is 6.92 Å². The highest BCUT2D eigenvalue weighted by atomic mass is 19.3. The molecule has 0 aliphatic carbocycles. The summed E-state index contributed by atoms with van der Waals surface area (Å²) in [6.45, 7) is -1.86. The number of benzene rings is 1. The maximum absolute atomic E-state index is 13.0. The summed E-state index contributed by atoms with van der Waals surface area (Å²) < 4.78 is 41.4. The molecular weight excluding hydrogens is 265 g/mol. The van der Waals surface area contributed by atoms with Crippen LogP contribution in [0.3, 0.4) is 0 Å². The molecule has 0 unspecified atom stereocenters. The molecule has 0 radical (unpaired) electrons. The zero-order valence-electron chi connectivity index (χ0n) is 9.99. The lowest BCUT2D eigenvalue weighted by Gasteiger charge is -2.14. The summed E-state index contributed by atoms with van der Waals surface area (Å²) in [5.41, 5.74) is -0.233. The molecule has 1 rings (SSSR count). The Kier molecular flexibility index (Phi) is 5.43. The number of alkyl halides is 2. The first kappa shape index (κ1) is 15.1. The van der Waals surface area contributed by atoms with E-state index in [4.69, 9.17) is 5.11 Å². The number of aliphatic hydroxyl groups is 1. The topological polar surface area (TPSA) is 70.6 Å². The van der Waals surface area contributed by atoms with Crippen molar-refractivity contribution in [1.29, 1.82) is 0 Å². The molecule has 19 heavy (non-hydrogen) atoms. The van der Waals surface area contributed by atoms with Gasteiger partial charge in [0.15, 0.2) is 0 Å². The highest BCUT2D eigenvalue weighted by molar-refractivity contribution is 5.91. The third-order valence-corrected chi connectivity index (χ3v) is 2.06. The minimum atomic E-state index is -3.09. The van der Waals surface area contributed by atoms with Crippen LogP contribution in [-0.4, -0.2) is 30.4 Å². The number of anilines is 1. The van der Waals surface area contributed by atoms with Gasteiger partial charge in [0.1, 0.15) is 11.6 Å². The number of ether oxygens (including phenoxy) is 1. The predicted octanol–water partition coefficient (Wildman–Crippen LogP) is 1.93. The van der Waals surface area contributed by atoms with Crippen LogP contribution in [0.25, 0.3) is 0 Å². The molecule has 0 aliphatic rings. The van der Waals surface area contributed by atoms with E-state index in [0.29, 0.717) is 0 Å². The number of carbonyl (C=O) groups is 1. The Morgan fingerprint density at radius 3 is 2.74 bits per heavy atom. The Balaban J connectivity index is 2.80. The van der Waals surface area contributed by atoms with Crippen LogP contribution in [-0.2, 0) is 0 Å². The fourth-order valence-corrected chi connectivity index (χ4v) is 1.23. The van der Waals surface area contributed by atoms with Gasteiger partial charge in [-0.15, -0.1) is 0 Å². The fourth-order valence-electron chi connectivity index (χ4n) is 1.23. The van der Waals surface area contributed by atoms with Crippen LogP contribution in [0.4, 0.5) is 23.7 Å². The summed E-state index contributed by atoms with van der Waals surface area (Å²) in [6, 6.07) is 1.45. The standard InChI is InChI=1S/C11H13F3N2O3/c1-6(5-17)15-11(18)16-8-4-7(12)2-3-9(8)19-10(13)14/h2-4,6,10,17H,5H2,1H3,(H2,15,16,18)/t6-/m0/s1. The van der Waals surface area contributed by atoms with Gasteiger partial charge in [-0.2, -0.15) is 8.78 Å². The van der Waals surface area contributed by atoms with Crippen LogP contribution < -0.4 is 15.4 Å². The number of rotatable bonds is 5. The number of hydrogen-bond donors (Lipinski definition) is 3. The molecule has 0 saturated carbocycles. The van der Waals surface area contributed by atoms with E-state index in [1.807, 2.05) is 0 Å². The Morgan fingerprint density at radius 1 is 1.47 bits per heavy atom. The second-order valence-corrected chi connectivity index (χ2v) is 3.70. The van der Waals surface area contributed by atoms with Crippen molar-refractivity contribution in [3.8, 4) is 5.75 Å². The van der Waals surface area contributed by atoms with Gasteiger partial charge in [-0.3, -0.25) is 0 Å². The van der Waals surface area contributed by atoms with E-state index in [0.717, 1.165) is 18.2 Å². The number of aliphatic hydroxyl groups excluding tert-OH is 1. The van der Waals surface area contributed by atoms with Gasteiger partial charge >= 0.3 is 12.6 Å². The quantitative estimate of drug-likeness (QED) is 0.770. The zero-order chi connectivity index (χ0) is 14.4. The largest absolute Gasteiger partial charge is 0.433 e. The molecule has 8 heteroatoms. The Hall–Kier alpha value is -1.96. The normalized spacial score (nSPS) is 12.1. The van der Waals surface area contributed by atoms with Crippen LogP contribution in [0.2, 0.25) is 0 Å². The second-order valence-electron chi connectivity index (χ2n) is 3.70. The summed E-state index contributed by atoms with van der Waals surface area (Å²) in [6.07, 6.45) is 0.